The molecule has 0 aliphatic rings. The molecule has 0 saturated heterocycles. The predicted octanol–water partition coefficient (Wildman–Crippen LogP) is 3.22. The van der Waals surface area contributed by atoms with Gasteiger partial charge in [-0.1, -0.05) is 13.0 Å². The van der Waals surface area contributed by atoms with Gasteiger partial charge in [0.2, 0.25) is 0 Å². The SMILES string of the molecule is C=CCC(C)CC(C)Cl. The van der Waals surface area contributed by atoms with Gasteiger partial charge in [-0.2, -0.15) is 0 Å². The van der Waals surface area contributed by atoms with Gasteiger partial charge in [-0.15, -0.1) is 18.2 Å². The molecule has 0 aliphatic carbocycles. The molecule has 0 aromatic rings. The van der Waals surface area contributed by atoms with Gasteiger partial charge >= 0.3 is 0 Å². The van der Waals surface area contributed by atoms with Crippen molar-refractivity contribution >= 4 is 11.6 Å². The minimum atomic E-state index is 0.306. The second kappa shape index (κ2) is 4.87. The van der Waals surface area contributed by atoms with Crippen LogP contribution in [0.5, 0.6) is 0 Å². The molecule has 0 rings (SSSR count). The van der Waals surface area contributed by atoms with E-state index in [1.807, 2.05) is 13.0 Å². The maximum atomic E-state index is 5.77. The second-order valence-electron chi connectivity index (χ2n) is 2.65. The van der Waals surface area contributed by atoms with Gasteiger partial charge in [0, 0.05) is 5.38 Å². The van der Waals surface area contributed by atoms with E-state index in [1.54, 1.807) is 0 Å². The molecule has 0 aromatic heterocycles. The molecule has 0 fully saturated rings. The molecule has 0 bridgehead atoms. The summed E-state index contributed by atoms with van der Waals surface area (Å²) in [5, 5.41) is 0.306. The smallest absolute Gasteiger partial charge is 0.0310 e. The summed E-state index contributed by atoms with van der Waals surface area (Å²) in [7, 11) is 0. The normalized spacial score (nSPS) is 16.8. The fraction of sp³-hybridized carbons (Fsp3) is 0.750. The summed E-state index contributed by atoms with van der Waals surface area (Å²) in [6, 6.07) is 0. The minimum absolute atomic E-state index is 0.306. The molecule has 0 heterocycles. The zero-order chi connectivity index (χ0) is 7.28. The summed E-state index contributed by atoms with van der Waals surface area (Å²) in [5.74, 6) is 0.690. The Kier molecular flexibility index (Phi) is 4.88. The van der Waals surface area contributed by atoms with Crippen molar-refractivity contribution in [1.82, 2.24) is 0 Å². The number of rotatable bonds is 4. The van der Waals surface area contributed by atoms with E-state index in [4.69, 9.17) is 11.6 Å². The number of hydrogen-bond acceptors (Lipinski definition) is 0. The Hall–Kier alpha value is 0.0300. The summed E-state index contributed by atoms with van der Waals surface area (Å²) >= 11 is 5.77. The molecule has 0 nitrogen and oxygen atoms in total. The average molecular weight is 147 g/mol. The predicted molar refractivity (Wildman–Crippen MR) is 43.9 cm³/mol. The van der Waals surface area contributed by atoms with E-state index in [9.17, 15) is 0 Å². The highest BCUT2D eigenvalue weighted by Crippen LogP contribution is 2.13. The van der Waals surface area contributed by atoms with Crippen LogP contribution in [0.3, 0.4) is 0 Å². The molecular weight excluding hydrogens is 132 g/mol. The molecule has 0 saturated carbocycles. The third-order valence-corrected chi connectivity index (χ3v) is 1.47. The zero-order valence-electron chi connectivity index (χ0n) is 6.23. The van der Waals surface area contributed by atoms with Crippen LogP contribution >= 0.6 is 11.6 Å². The Labute approximate surface area is 62.9 Å². The molecule has 0 radical (unpaired) electrons. The van der Waals surface area contributed by atoms with E-state index in [0.717, 1.165) is 12.8 Å². The van der Waals surface area contributed by atoms with Crippen LogP contribution in [0.1, 0.15) is 26.7 Å². The molecule has 0 spiro atoms. The van der Waals surface area contributed by atoms with Crippen LogP contribution in [0, 0.1) is 5.92 Å². The Morgan fingerprint density at radius 2 is 2.11 bits per heavy atom. The highest BCUT2D eigenvalue weighted by Gasteiger charge is 2.02. The van der Waals surface area contributed by atoms with Crippen molar-refractivity contribution in [2.75, 3.05) is 0 Å². The molecule has 2 atom stereocenters. The van der Waals surface area contributed by atoms with Crippen LogP contribution in [0.4, 0.5) is 0 Å². The fourth-order valence-electron chi connectivity index (χ4n) is 0.935. The van der Waals surface area contributed by atoms with Crippen LogP contribution < -0.4 is 0 Å². The van der Waals surface area contributed by atoms with E-state index in [1.165, 1.54) is 0 Å². The van der Waals surface area contributed by atoms with Crippen molar-refractivity contribution in [3.63, 3.8) is 0 Å². The molecule has 0 aromatic carbocycles. The molecule has 0 N–H and O–H groups in total. The van der Waals surface area contributed by atoms with E-state index >= 15 is 0 Å². The number of halogens is 1. The van der Waals surface area contributed by atoms with Gasteiger partial charge < -0.3 is 0 Å². The minimum Gasteiger partial charge on any atom is -0.123 e. The quantitative estimate of drug-likeness (QED) is 0.422. The highest BCUT2D eigenvalue weighted by molar-refractivity contribution is 6.20. The molecule has 1 heteroatoms. The second-order valence-corrected chi connectivity index (χ2v) is 3.39. The third-order valence-electron chi connectivity index (χ3n) is 1.30. The topological polar surface area (TPSA) is 0 Å². The van der Waals surface area contributed by atoms with E-state index in [2.05, 4.69) is 13.5 Å². The van der Waals surface area contributed by atoms with Crippen molar-refractivity contribution in [3.05, 3.63) is 12.7 Å². The van der Waals surface area contributed by atoms with Gasteiger partial charge in [0.1, 0.15) is 0 Å². The largest absolute Gasteiger partial charge is 0.123 e. The summed E-state index contributed by atoms with van der Waals surface area (Å²) in [4.78, 5) is 0. The number of alkyl halides is 1. The summed E-state index contributed by atoms with van der Waals surface area (Å²) in [5.41, 5.74) is 0. The molecule has 0 amide bonds. The lowest BCUT2D eigenvalue weighted by Crippen LogP contribution is -2.00. The summed E-state index contributed by atoms with van der Waals surface area (Å²) in [6.07, 6.45) is 4.12. The lowest BCUT2D eigenvalue weighted by molar-refractivity contribution is 0.537. The van der Waals surface area contributed by atoms with Crippen LogP contribution in [0.2, 0.25) is 0 Å². The van der Waals surface area contributed by atoms with Crippen molar-refractivity contribution < 1.29 is 0 Å². The van der Waals surface area contributed by atoms with Crippen LogP contribution in [-0.4, -0.2) is 5.38 Å². The lowest BCUT2D eigenvalue weighted by Gasteiger charge is -2.08. The van der Waals surface area contributed by atoms with Crippen LogP contribution in [0.15, 0.2) is 12.7 Å². The van der Waals surface area contributed by atoms with Crippen molar-refractivity contribution in [2.45, 2.75) is 32.1 Å². The first-order chi connectivity index (χ1) is 4.16. The van der Waals surface area contributed by atoms with Gasteiger partial charge in [0.25, 0.3) is 0 Å². The molecule has 54 valence electrons. The van der Waals surface area contributed by atoms with Gasteiger partial charge in [-0.05, 0) is 25.7 Å². The van der Waals surface area contributed by atoms with Crippen LogP contribution in [-0.2, 0) is 0 Å². The lowest BCUT2D eigenvalue weighted by atomic mass is 10.0. The van der Waals surface area contributed by atoms with E-state index < -0.39 is 0 Å². The highest BCUT2D eigenvalue weighted by atomic mass is 35.5. The molecule has 2 unspecified atom stereocenters. The van der Waals surface area contributed by atoms with Gasteiger partial charge in [-0.25, -0.2) is 0 Å². The maximum Gasteiger partial charge on any atom is 0.0310 e. The Bertz CT molecular complexity index is 76.6. The number of allylic oxidation sites excluding steroid dienone is 1. The van der Waals surface area contributed by atoms with Crippen molar-refractivity contribution in [2.24, 2.45) is 5.92 Å². The Morgan fingerprint density at radius 3 is 2.44 bits per heavy atom. The number of hydrogen-bond donors (Lipinski definition) is 0. The zero-order valence-corrected chi connectivity index (χ0v) is 6.99. The van der Waals surface area contributed by atoms with E-state index in [-0.39, 0.29) is 0 Å². The standard InChI is InChI=1S/C8H15Cl/c1-4-5-7(2)6-8(3)9/h4,7-8H,1,5-6H2,2-3H3. The summed E-state index contributed by atoms with van der Waals surface area (Å²) in [6.45, 7) is 7.89. The molecule has 9 heavy (non-hydrogen) atoms. The fourth-order valence-corrected chi connectivity index (χ4v) is 1.24. The van der Waals surface area contributed by atoms with Gasteiger partial charge in [0.05, 0.1) is 0 Å². The van der Waals surface area contributed by atoms with Crippen molar-refractivity contribution in [1.29, 1.82) is 0 Å². The average Bonchev–Trinajstić information content (AvgIpc) is 1.63. The van der Waals surface area contributed by atoms with Crippen molar-refractivity contribution in [3.8, 4) is 0 Å². The Balaban J connectivity index is 3.25. The Morgan fingerprint density at radius 1 is 1.56 bits per heavy atom. The van der Waals surface area contributed by atoms with Gasteiger partial charge in [-0.3, -0.25) is 0 Å². The molecular formula is C8H15Cl. The molecule has 0 aliphatic heterocycles. The first-order valence-corrected chi connectivity index (χ1v) is 3.85. The maximum absolute atomic E-state index is 5.77. The summed E-state index contributed by atoms with van der Waals surface area (Å²) < 4.78 is 0. The van der Waals surface area contributed by atoms with Gasteiger partial charge in [0.15, 0.2) is 0 Å². The monoisotopic (exact) mass is 146 g/mol. The third kappa shape index (κ3) is 5.91. The first-order valence-electron chi connectivity index (χ1n) is 3.41. The first kappa shape index (κ1) is 9.03. The van der Waals surface area contributed by atoms with Crippen LogP contribution in [0.25, 0.3) is 0 Å². The van der Waals surface area contributed by atoms with E-state index in [0.29, 0.717) is 11.3 Å².